The van der Waals surface area contributed by atoms with E-state index in [0.717, 1.165) is 11.4 Å². The van der Waals surface area contributed by atoms with Gasteiger partial charge in [-0.2, -0.15) is 11.8 Å². The van der Waals surface area contributed by atoms with E-state index in [-0.39, 0.29) is 5.28 Å². The highest BCUT2D eigenvalue weighted by molar-refractivity contribution is 7.99. The van der Waals surface area contributed by atoms with Crippen molar-refractivity contribution in [2.24, 2.45) is 0 Å². The molecular formula is C8H10Cl2N2S. The second kappa shape index (κ2) is 5.03. The summed E-state index contributed by atoms with van der Waals surface area (Å²) in [5.74, 6) is 0.819. The molecule has 5 heteroatoms. The largest absolute Gasteiger partial charge is 0.224 e. The van der Waals surface area contributed by atoms with Gasteiger partial charge < -0.3 is 0 Å². The number of halogens is 2. The van der Waals surface area contributed by atoms with Gasteiger partial charge in [0, 0.05) is 5.75 Å². The Hall–Kier alpha value is 0.01000. The molecule has 0 amide bonds. The van der Waals surface area contributed by atoms with Gasteiger partial charge in [-0.3, -0.25) is 0 Å². The van der Waals surface area contributed by atoms with Crippen LogP contribution in [0.1, 0.15) is 19.5 Å². The lowest BCUT2D eigenvalue weighted by Crippen LogP contribution is -1.94. The average Bonchev–Trinajstić information content (AvgIpc) is 1.99. The van der Waals surface area contributed by atoms with Crippen molar-refractivity contribution in [3.8, 4) is 0 Å². The summed E-state index contributed by atoms with van der Waals surface area (Å²) in [6, 6.07) is 1.74. The predicted octanol–water partition coefficient (Wildman–Crippen LogP) is 3.43. The Bertz CT molecular complexity index is 271. The number of rotatable bonds is 3. The highest BCUT2D eigenvalue weighted by atomic mass is 35.5. The summed E-state index contributed by atoms with van der Waals surface area (Å²) < 4.78 is 0. The van der Waals surface area contributed by atoms with Gasteiger partial charge in [-0.05, 0) is 22.9 Å². The molecule has 0 aliphatic heterocycles. The monoisotopic (exact) mass is 236 g/mol. The highest BCUT2D eigenvalue weighted by Gasteiger charge is 2.02. The third-order valence-electron chi connectivity index (χ3n) is 1.29. The SMILES string of the molecule is CC(C)SCc1cc(Cl)nc(Cl)n1. The van der Waals surface area contributed by atoms with Crippen LogP contribution in [0.2, 0.25) is 10.4 Å². The summed E-state index contributed by atoms with van der Waals surface area (Å²) in [6.45, 7) is 4.27. The standard InChI is InChI=1S/C8H10Cl2N2S/c1-5(2)13-4-6-3-7(9)12-8(10)11-6/h3,5H,4H2,1-2H3. The van der Waals surface area contributed by atoms with Crippen LogP contribution in [0.15, 0.2) is 6.07 Å². The van der Waals surface area contributed by atoms with Crippen LogP contribution in [0.25, 0.3) is 0 Å². The molecule has 0 atom stereocenters. The minimum absolute atomic E-state index is 0.215. The van der Waals surface area contributed by atoms with Gasteiger partial charge in [0.1, 0.15) is 5.15 Å². The van der Waals surface area contributed by atoms with E-state index in [1.807, 2.05) is 0 Å². The number of nitrogens with zero attached hydrogens (tertiary/aromatic N) is 2. The molecule has 2 nitrogen and oxygen atoms in total. The Morgan fingerprint density at radius 2 is 2.08 bits per heavy atom. The van der Waals surface area contributed by atoms with Crippen LogP contribution in [0.4, 0.5) is 0 Å². The summed E-state index contributed by atoms with van der Waals surface area (Å²) in [5.41, 5.74) is 0.878. The van der Waals surface area contributed by atoms with E-state index in [9.17, 15) is 0 Å². The maximum Gasteiger partial charge on any atom is 0.224 e. The van der Waals surface area contributed by atoms with Crippen molar-refractivity contribution in [3.05, 3.63) is 22.2 Å². The molecule has 0 aromatic carbocycles. The molecule has 0 unspecified atom stereocenters. The molecule has 0 radical (unpaired) electrons. The van der Waals surface area contributed by atoms with Crippen LogP contribution in [0, 0.1) is 0 Å². The molecule has 0 spiro atoms. The minimum Gasteiger partial charge on any atom is -0.222 e. The molecule has 0 saturated heterocycles. The van der Waals surface area contributed by atoms with Crippen molar-refractivity contribution in [1.82, 2.24) is 9.97 Å². The topological polar surface area (TPSA) is 25.8 Å². The maximum atomic E-state index is 5.72. The summed E-state index contributed by atoms with van der Waals surface area (Å²) in [5, 5.41) is 1.19. The molecule has 0 saturated carbocycles. The fourth-order valence-corrected chi connectivity index (χ4v) is 1.86. The maximum absolute atomic E-state index is 5.72. The van der Waals surface area contributed by atoms with Gasteiger partial charge in [-0.25, -0.2) is 9.97 Å². The third kappa shape index (κ3) is 4.16. The van der Waals surface area contributed by atoms with Gasteiger partial charge in [0.05, 0.1) is 5.69 Å². The molecule has 0 aliphatic rings. The number of aromatic nitrogens is 2. The van der Waals surface area contributed by atoms with Crippen LogP contribution in [0.3, 0.4) is 0 Å². The molecule has 0 bridgehead atoms. The lowest BCUT2D eigenvalue weighted by Gasteiger charge is -2.04. The first kappa shape index (κ1) is 11.1. The molecule has 1 rings (SSSR count). The zero-order valence-corrected chi connectivity index (χ0v) is 9.75. The first-order valence-corrected chi connectivity index (χ1v) is 5.69. The normalized spacial score (nSPS) is 10.8. The van der Waals surface area contributed by atoms with Crippen molar-refractivity contribution < 1.29 is 0 Å². The highest BCUT2D eigenvalue weighted by Crippen LogP contribution is 2.18. The molecular weight excluding hydrogens is 227 g/mol. The first-order chi connectivity index (χ1) is 6.08. The zero-order valence-electron chi connectivity index (χ0n) is 7.42. The van der Waals surface area contributed by atoms with Crippen molar-refractivity contribution in [1.29, 1.82) is 0 Å². The van der Waals surface area contributed by atoms with E-state index in [2.05, 4.69) is 23.8 Å². The minimum atomic E-state index is 0.215. The van der Waals surface area contributed by atoms with Crippen molar-refractivity contribution >= 4 is 35.0 Å². The van der Waals surface area contributed by atoms with Crippen LogP contribution >= 0.6 is 35.0 Å². The van der Waals surface area contributed by atoms with Gasteiger partial charge >= 0.3 is 0 Å². The number of thioether (sulfide) groups is 1. The lowest BCUT2D eigenvalue weighted by molar-refractivity contribution is 1.07. The van der Waals surface area contributed by atoms with Gasteiger partial charge in [0.15, 0.2) is 0 Å². The molecule has 1 aromatic rings. The number of hydrogen-bond acceptors (Lipinski definition) is 3. The van der Waals surface area contributed by atoms with E-state index in [1.54, 1.807) is 17.8 Å². The molecule has 72 valence electrons. The van der Waals surface area contributed by atoms with E-state index in [0.29, 0.717) is 10.4 Å². The predicted molar refractivity (Wildman–Crippen MR) is 58.5 cm³/mol. The quantitative estimate of drug-likeness (QED) is 0.595. The van der Waals surface area contributed by atoms with Crippen LogP contribution in [-0.4, -0.2) is 15.2 Å². The van der Waals surface area contributed by atoms with Crippen LogP contribution in [-0.2, 0) is 5.75 Å². The molecule has 13 heavy (non-hydrogen) atoms. The number of hydrogen-bond donors (Lipinski definition) is 0. The van der Waals surface area contributed by atoms with Gasteiger partial charge in [0.25, 0.3) is 0 Å². The first-order valence-electron chi connectivity index (χ1n) is 3.88. The fourth-order valence-electron chi connectivity index (χ4n) is 0.760. The summed E-state index contributed by atoms with van der Waals surface area (Å²) in [4.78, 5) is 7.83. The van der Waals surface area contributed by atoms with Crippen molar-refractivity contribution in [2.75, 3.05) is 0 Å². The van der Waals surface area contributed by atoms with E-state index < -0.39 is 0 Å². The molecule has 0 fully saturated rings. The molecule has 0 aliphatic carbocycles. The van der Waals surface area contributed by atoms with Gasteiger partial charge in [0.2, 0.25) is 5.28 Å². The molecule has 1 heterocycles. The Morgan fingerprint density at radius 3 is 2.62 bits per heavy atom. The smallest absolute Gasteiger partial charge is 0.222 e. The summed E-state index contributed by atoms with van der Waals surface area (Å²) in [6.07, 6.45) is 0. The Labute approximate surface area is 92.1 Å². The van der Waals surface area contributed by atoms with Crippen LogP contribution < -0.4 is 0 Å². The van der Waals surface area contributed by atoms with Crippen LogP contribution in [0.5, 0.6) is 0 Å². The van der Waals surface area contributed by atoms with E-state index in [4.69, 9.17) is 23.2 Å². The summed E-state index contributed by atoms with van der Waals surface area (Å²) in [7, 11) is 0. The lowest BCUT2D eigenvalue weighted by atomic mass is 10.5. The molecule has 1 aromatic heterocycles. The van der Waals surface area contributed by atoms with Gasteiger partial charge in [-0.1, -0.05) is 25.4 Å². The Morgan fingerprint density at radius 1 is 1.38 bits per heavy atom. The Kier molecular flexibility index (Phi) is 4.29. The second-order valence-electron chi connectivity index (χ2n) is 2.81. The third-order valence-corrected chi connectivity index (χ3v) is 2.78. The molecule has 0 N–H and O–H groups in total. The summed E-state index contributed by atoms with van der Waals surface area (Å²) >= 11 is 13.2. The average molecular weight is 237 g/mol. The van der Waals surface area contributed by atoms with E-state index in [1.165, 1.54) is 0 Å². The van der Waals surface area contributed by atoms with Crippen molar-refractivity contribution in [2.45, 2.75) is 24.9 Å². The van der Waals surface area contributed by atoms with Gasteiger partial charge in [-0.15, -0.1) is 0 Å². The Balaban J connectivity index is 2.66. The fraction of sp³-hybridized carbons (Fsp3) is 0.500. The van der Waals surface area contributed by atoms with Crippen molar-refractivity contribution in [3.63, 3.8) is 0 Å². The zero-order chi connectivity index (χ0) is 9.84. The van der Waals surface area contributed by atoms with E-state index >= 15 is 0 Å². The second-order valence-corrected chi connectivity index (χ2v) is 5.10.